The number of halogens is 1. The lowest BCUT2D eigenvalue weighted by molar-refractivity contribution is -0.116. The molecule has 0 radical (unpaired) electrons. The summed E-state index contributed by atoms with van der Waals surface area (Å²) in [5, 5.41) is 0. The van der Waals surface area contributed by atoms with Crippen molar-refractivity contribution in [2.75, 3.05) is 19.0 Å². The summed E-state index contributed by atoms with van der Waals surface area (Å²) >= 11 is 3.36. The minimum Gasteiger partial charge on any atom is -0.373 e. The average Bonchev–Trinajstić information content (AvgIpc) is 2.60. The number of amides is 1. The predicted octanol–water partition coefficient (Wildman–Crippen LogP) is 3.65. The van der Waals surface area contributed by atoms with Gasteiger partial charge in [0.2, 0.25) is 17.5 Å². The van der Waals surface area contributed by atoms with Crippen molar-refractivity contribution in [3.8, 4) is 0 Å². The first-order valence-electron chi connectivity index (χ1n) is 7.99. The molecule has 6 heteroatoms. The summed E-state index contributed by atoms with van der Waals surface area (Å²) < 4.78 is 0.850. The Kier molecular flexibility index (Phi) is 4.78. The van der Waals surface area contributed by atoms with Crippen LogP contribution in [0.4, 0.5) is 5.69 Å². The van der Waals surface area contributed by atoms with Gasteiger partial charge in [0.15, 0.2) is 0 Å². The van der Waals surface area contributed by atoms with Gasteiger partial charge in [-0.05, 0) is 24.3 Å². The lowest BCUT2D eigenvalue weighted by Crippen LogP contribution is -2.40. The number of nitrogens with zero attached hydrogens (tertiary/aromatic N) is 2. The van der Waals surface area contributed by atoms with Gasteiger partial charge in [0.1, 0.15) is 11.4 Å². The number of fused-ring (bicyclic) bond motifs is 1. The number of benzene rings is 2. The molecule has 0 aliphatic heterocycles. The number of anilines is 1. The van der Waals surface area contributed by atoms with Gasteiger partial charge >= 0.3 is 0 Å². The standard InChI is InChI=1S/C20H17BrN2O3/c1-12(24)23(14-10-8-13(21)9-11-14)18-17(22(2)3)19(25)15-6-4-5-7-16(15)20(18)26/h4-11H,1-3H3. The quantitative estimate of drug-likeness (QED) is 0.771. The number of allylic oxidation sites excluding steroid dienone is 2. The van der Waals surface area contributed by atoms with Gasteiger partial charge in [-0.3, -0.25) is 19.3 Å². The molecule has 0 unspecified atom stereocenters. The van der Waals surface area contributed by atoms with Crippen LogP contribution in [0, 0.1) is 0 Å². The zero-order chi connectivity index (χ0) is 19.0. The van der Waals surface area contributed by atoms with E-state index in [-0.39, 0.29) is 28.9 Å². The number of hydrogen-bond acceptors (Lipinski definition) is 4. The number of rotatable bonds is 3. The van der Waals surface area contributed by atoms with Gasteiger partial charge in [-0.25, -0.2) is 0 Å². The van der Waals surface area contributed by atoms with Crippen molar-refractivity contribution in [2.45, 2.75) is 6.92 Å². The predicted molar refractivity (Wildman–Crippen MR) is 103 cm³/mol. The van der Waals surface area contributed by atoms with Crippen molar-refractivity contribution in [1.29, 1.82) is 0 Å². The number of likely N-dealkylation sites (N-methyl/N-ethyl adjacent to an activating group) is 1. The molecule has 0 spiro atoms. The van der Waals surface area contributed by atoms with Crippen LogP contribution in [0.5, 0.6) is 0 Å². The Hall–Kier alpha value is -2.73. The highest BCUT2D eigenvalue weighted by molar-refractivity contribution is 9.10. The molecule has 1 amide bonds. The van der Waals surface area contributed by atoms with Crippen LogP contribution in [0.1, 0.15) is 27.6 Å². The average molecular weight is 413 g/mol. The summed E-state index contributed by atoms with van der Waals surface area (Å²) in [7, 11) is 3.38. The maximum atomic E-state index is 13.2. The van der Waals surface area contributed by atoms with Gasteiger partial charge in [-0.15, -0.1) is 0 Å². The number of carbonyl (C=O) groups is 3. The van der Waals surface area contributed by atoms with Crippen LogP contribution in [0.3, 0.4) is 0 Å². The zero-order valence-corrected chi connectivity index (χ0v) is 16.2. The monoisotopic (exact) mass is 412 g/mol. The van der Waals surface area contributed by atoms with E-state index in [9.17, 15) is 14.4 Å². The molecule has 3 rings (SSSR count). The van der Waals surface area contributed by atoms with Gasteiger partial charge < -0.3 is 4.90 Å². The number of Topliss-reactive ketones (excluding diaryl/α,β-unsaturated/α-hetero) is 2. The molecule has 2 aromatic carbocycles. The Labute approximate surface area is 160 Å². The van der Waals surface area contributed by atoms with Crippen LogP contribution < -0.4 is 4.90 Å². The van der Waals surface area contributed by atoms with E-state index in [0.717, 1.165) is 4.47 Å². The van der Waals surface area contributed by atoms with E-state index in [2.05, 4.69) is 15.9 Å². The molecule has 0 saturated carbocycles. The summed E-state index contributed by atoms with van der Waals surface area (Å²) in [6.45, 7) is 1.38. The van der Waals surface area contributed by atoms with Crippen LogP contribution in [-0.4, -0.2) is 36.5 Å². The third-order valence-electron chi connectivity index (χ3n) is 4.14. The largest absolute Gasteiger partial charge is 0.373 e. The highest BCUT2D eigenvalue weighted by Crippen LogP contribution is 2.32. The first-order valence-corrected chi connectivity index (χ1v) is 8.78. The SMILES string of the molecule is CC(=O)N(C1=C(N(C)C)C(=O)c2ccccc2C1=O)c1ccc(Br)cc1. The fourth-order valence-corrected chi connectivity index (χ4v) is 3.29. The first kappa shape index (κ1) is 18.1. The van der Waals surface area contributed by atoms with E-state index in [4.69, 9.17) is 0 Å². The van der Waals surface area contributed by atoms with Gasteiger partial charge in [0, 0.05) is 42.3 Å². The Morgan fingerprint density at radius 3 is 1.81 bits per heavy atom. The van der Waals surface area contributed by atoms with Gasteiger partial charge in [-0.1, -0.05) is 40.2 Å². The van der Waals surface area contributed by atoms with E-state index < -0.39 is 0 Å². The Morgan fingerprint density at radius 2 is 1.35 bits per heavy atom. The highest BCUT2D eigenvalue weighted by atomic mass is 79.9. The molecule has 0 saturated heterocycles. The molecule has 26 heavy (non-hydrogen) atoms. The molecule has 0 bridgehead atoms. The third kappa shape index (κ3) is 2.97. The maximum Gasteiger partial charge on any atom is 0.228 e. The minimum atomic E-state index is -0.345. The summed E-state index contributed by atoms with van der Waals surface area (Å²) in [5.41, 5.74) is 1.46. The smallest absolute Gasteiger partial charge is 0.228 e. The Bertz CT molecular complexity index is 946. The van der Waals surface area contributed by atoms with Crippen LogP contribution in [0.25, 0.3) is 0 Å². The lowest BCUT2D eigenvalue weighted by Gasteiger charge is -2.31. The van der Waals surface area contributed by atoms with E-state index in [1.54, 1.807) is 67.5 Å². The normalized spacial score (nSPS) is 13.5. The number of hydrogen-bond donors (Lipinski definition) is 0. The summed E-state index contributed by atoms with van der Waals surface area (Å²) in [5.74, 6) is -0.965. The molecule has 0 atom stereocenters. The second kappa shape index (κ2) is 6.88. The van der Waals surface area contributed by atoms with Crippen LogP contribution >= 0.6 is 15.9 Å². The lowest BCUT2D eigenvalue weighted by atomic mass is 9.89. The van der Waals surface area contributed by atoms with Crippen molar-refractivity contribution in [3.63, 3.8) is 0 Å². The Morgan fingerprint density at radius 1 is 0.846 bits per heavy atom. The van der Waals surface area contributed by atoms with E-state index in [1.807, 2.05) is 0 Å². The van der Waals surface area contributed by atoms with Gasteiger partial charge in [0.05, 0.1) is 0 Å². The highest BCUT2D eigenvalue weighted by Gasteiger charge is 2.37. The molecule has 0 aromatic heterocycles. The van der Waals surface area contributed by atoms with E-state index in [1.165, 1.54) is 11.8 Å². The van der Waals surface area contributed by atoms with Crippen LogP contribution in [0.15, 0.2) is 64.4 Å². The maximum absolute atomic E-state index is 13.2. The van der Waals surface area contributed by atoms with Crippen molar-refractivity contribution >= 4 is 39.1 Å². The van der Waals surface area contributed by atoms with Crippen molar-refractivity contribution < 1.29 is 14.4 Å². The van der Waals surface area contributed by atoms with E-state index in [0.29, 0.717) is 16.8 Å². The van der Waals surface area contributed by atoms with Gasteiger partial charge in [-0.2, -0.15) is 0 Å². The second-order valence-corrected chi connectivity index (χ2v) is 7.04. The van der Waals surface area contributed by atoms with Crippen molar-refractivity contribution in [3.05, 3.63) is 75.5 Å². The third-order valence-corrected chi connectivity index (χ3v) is 4.67. The Balaban J connectivity index is 2.28. The molecule has 1 aliphatic rings. The van der Waals surface area contributed by atoms with Crippen LogP contribution in [0.2, 0.25) is 0 Å². The number of ketones is 2. The topological polar surface area (TPSA) is 57.7 Å². The first-order chi connectivity index (χ1) is 12.3. The van der Waals surface area contributed by atoms with Crippen LogP contribution in [-0.2, 0) is 4.79 Å². The molecule has 132 valence electrons. The van der Waals surface area contributed by atoms with Gasteiger partial charge in [0.25, 0.3) is 0 Å². The number of carbonyl (C=O) groups excluding carboxylic acids is 3. The molecule has 2 aromatic rings. The molecule has 0 fully saturated rings. The molecule has 0 N–H and O–H groups in total. The minimum absolute atomic E-state index is 0.0773. The fraction of sp³-hybridized carbons (Fsp3) is 0.150. The zero-order valence-electron chi connectivity index (χ0n) is 14.6. The molecule has 5 nitrogen and oxygen atoms in total. The molecule has 0 heterocycles. The molecule has 1 aliphatic carbocycles. The van der Waals surface area contributed by atoms with Crippen molar-refractivity contribution in [2.24, 2.45) is 0 Å². The fourth-order valence-electron chi connectivity index (χ4n) is 3.03. The summed E-state index contributed by atoms with van der Waals surface area (Å²) in [6, 6.07) is 13.7. The molecular formula is C20H17BrN2O3. The summed E-state index contributed by atoms with van der Waals surface area (Å²) in [4.78, 5) is 41.6. The summed E-state index contributed by atoms with van der Waals surface area (Å²) in [6.07, 6.45) is 0. The molecular weight excluding hydrogens is 396 g/mol. The van der Waals surface area contributed by atoms with Crippen molar-refractivity contribution in [1.82, 2.24) is 4.90 Å². The second-order valence-electron chi connectivity index (χ2n) is 6.13. The van der Waals surface area contributed by atoms with E-state index >= 15 is 0 Å².